The molecule has 0 aromatic heterocycles. The van der Waals surface area contributed by atoms with Crippen LogP contribution >= 0.6 is 0 Å². The average molecular weight is 291 g/mol. The van der Waals surface area contributed by atoms with Crippen LogP contribution in [-0.2, 0) is 4.79 Å². The number of carboxylic acid groups (broad SMARTS) is 1. The van der Waals surface area contributed by atoms with Gasteiger partial charge in [-0.1, -0.05) is 19.1 Å². The third kappa shape index (κ3) is 3.35. The van der Waals surface area contributed by atoms with Crippen molar-refractivity contribution in [2.45, 2.75) is 26.9 Å². The standard InChI is InChI=1S/C16H21NO4/c1-10(2)21-14-7-5-4-6-12(14)15(18)17-8-11(3)13(9-17)16(19)20/h4-7,10-11,13H,8-9H2,1-3H3,(H,19,20)/t11-,13-/m1/s1. The van der Waals surface area contributed by atoms with E-state index in [1.54, 1.807) is 23.1 Å². The van der Waals surface area contributed by atoms with Crippen LogP contribution in [0.1, 0.15) is 31.1 Å². The molecule has 0 unspecified atom stereocenters. The number of likely N-dealkylation sites (tertiary alicyclic amines) is 1. The molecule has 1 aliphatic heterocycles. The SMILES string of the molecule is CC(C)Oc1ccccc1C(=O)N1C[C@@H](C)[C@H](C(=O)O)C1. The summed E-state index contributed by atoms with van der Waals surface area (Å²) >= 11 is 0. The number of hydrogen-bond acceptors (Lipinski definition) is 3. The molecule has 1 aliphatic rings. The summed E-state index contributed by atoms with van der Waals surface area (Å²) in [4.78, 5) is 25.4. The van der Waals surface area contributed by atoms with Gasteiger partial charge in [0, 0.05) is 13.1 Å². The number of rotatable bonds is 4. The van der Waals surface area contributed by atoms with Crippen molar-refractivity contribution < 1.29 is 19.4 Å². The molecule has 1 saturated heterocycles. The van der Waals surface area contributed by atoms with Gasteiger partial charge in [0.15, 0.2) is 0 Å². The Morgan fingerprint density at radius 2 is 1.95 bits per heavy atom. The first-order chi connectivity index (χ1) is 9.90. The largest absolute Gasteiger partial charge is 0.490 e. The maximum absolute atomic E-state index is 12.6. The predicted octanol–water partition coefficient (Wildman–Crippen LogP) is 2.27. The van der Waals surface area contributed by atoms with Gasteiger partial charge in [-0.2, -0.15) is 0 Å². The van der Waals surface area contributed by atoms with Crippen molar-refractivity contribution in [3.63, 3.8) is 0 Å². The number of carbonyl (C=O) groups excluding carboxylic acids is 1. The van der Waals surface area contributed by atoms with Crippen molar-refractivity contribution in [3.05, 3.63) is 29.8 Å². The second-order valence-corrected chi connectivity index (χ2v) is 5.79. The van der Waals surface area contributed by atoms with Gasteiger partial charge in [0.1, 0.15) is 5.75 Å². The van der Waals surface area contributed by atoms with Gasteiger partial charge in [0.05, 0.1) is 17.6 Å². The van der Waals surface area contributed by atoms with E-state index in [4.69, 9.17) is 9.84 Å². The summed E-state index contributed by atoms with van der Waals surface area (Å²) in [5.41, 5.74) is 0.490. The van der Waals surface area contributed by atoms with E-state index >= 15 is 0 Å². The van der Waals surface area contributed by atoms with Crippen LogP contribution in [0.4, 0.5) is 0 Å². The van der Waals surface area contributed by atoms with Crippen LogP contribution in [0.3, 0.4) is 0 Å². The Morgan fingerprint density at radius 3 is 2.52 bits per heavy atom. The third-order valence-corrected chi connectivity index (χ3v) is 3.70. The molecule has 21 heavy (non-hydrogen) atoms. The summed E-state index contributed by atoms with van der Waals surface area (Å²) in [5, 5.41) is 9.16. The summed E-state index contributed by atoms with van der Waals surface area (Å²) in [6, 6.07) is 7.09. The van der Waals surface area contributed by atoms with E-state index in [0.717, 1.165) is 0 Å². The van der Waals surface area contributed by atoms with Crippen molar-refractivity contribution in [3.8, 4) is 5.75 Å². The van der Waals surface area contributed by atoms with E-state index in [0.29, 0.717) is 17.9 Å². The van der Waals surface area contributed by atoms with Crippen molar-refractivity contribution in [1.82, 2.24) is 4.90 Å². The van der Waals surface area contributed by atoms with Crippen LogP contribution in [0.15, 0.2) is 24.3 Å². The first-order valence-corrected chi connectivity index (χ1v) is 7.18. The zero-order valence-electron chi connectivity index (χ0n) is 12.6. The van der Waals surface area contributed by atoms with Crippen molar-refractivity contribution in [1.29, 1.82) is 0 Å². The third-order valence-electron chi connectivity index (χ3n) is 3.70. The summed E-state index contributed by atoms with van der Waals surface area (Å²) < 4.78 is 5.66. The van der Waals surface area contributed by atoms with Gasteiger partial charge < -0.3 is 14.7 Å². The fraction of sp³-hybridized carbons (Fsp3) is 0.500. The van der Waals surface area contributed by atoms with Crippen LogP contribution in [0.5, 0.6) is 5.75 Å². The number of carboxylic acids is 1. The van der Waals surface area contributed by atoms with E-state index in [1.807, 2.05) is 26.8 Å². The number of benzene rings is 1. The zero-order valence-corrected chi connectivity index (χ0v) is 12.6. The van der Waals surface area contributed by atoms with E-state index in [1.165, 1.54) is 0 Å². The maximum atomic E-state index is 12.6. The van der Waals surface area contributed by atoms with Crippen LogP contribution < -0.4 is 4.74 Å². The summed E-state index contributed by atoms with van der Waals surface area (Å²) in [6.07, 6.45) is -0.0248. The quantitative estimate of drug-likeness (QED) is 0.924. The normalized spacial score (nSPS) is 21.6. The lowest BCUT2D eigenvalue weighted by atomic mass is 9.99. The van der Waals surface area contributed by atoms with Crippen LogP contribution in [0.25, 0.3) is 0 Å². The lowest BCUT2D eigenvalue weighted by Gasteiger charge is -2.19. The molecule has 1 N–H and O–H groups in total. The highest BCUT2D eigenvalue weighted by Gasteiger charge is 2.37. The minimum Gasteiger partial charge on any atom is -0.490 e. The van der Waals surface area contributed by atoms with Gasteiger partial charge in [-0.15, -0.1) is 0 Å². The number of hydrogen-bond donors (Lipinski definition) is 1. The van der Waals surface area contributed by atoms with Gasteiger partial charge in [0.2, 0.25) is 0 Å². The number of ether oxygens (including phenoxy) is 1. The van der Waals surface area contributed by atoms with Crippen molar-refractivity contribution in [2.75, 3.05) is 13.1 Å². The fourth-order valence-electron chi connectivity index (χ4n) is 2.62. The zero-order chi connectivity index (χ0) is 15.6. The molecule has 0 radical (unpaired) electrons. The Labute approximate surface area is 124 Å². The molecule has 5 nitrogen and oxygen atoms in total. The van der Waals surface area contributed by atoms with Gasteiger partial charge in [0.25, 0.3) is 5.91 Å². The van der Waals surface area contributed by atoms with Crippen LogP contribution in [0.2, 0.25) is 0 Å². The van der Waals surface area contributed by atoms with Gasteiger partial charge in [-0.3, -0.25) is 9.59 Å². The Bertz CT molecular complexity index is 541. The molecule has 1 amide bonds. The molecule has 1 aromatic carbocycles. The van der Waals surface area contributed by atoms with Crippen molar-refractivity contribution in [2.24, 2.45) is 11.8 Å². The molecule has 5 heteroatoms. The molecule has 0 aliphatic carbocycles. The second kappa shape index (κ2) is 6.16. The molecular formula is C16H21NO4. The number of para-hydroxylation sites is 1. The van der Waals surface area contributed by atoms with Crippen LogP contribution in [0, 0.1) is 11.8 Å². The van der Waals surface area contributed by atoms with E-state index in [-0.39, 0.29) is 24.5 Å². The van der Waals surface area contributed by atoms with Gasteiger partial charge in [-0.25, -0.2) is 0 Å². The Balaban J connectivity index is 2.20. The minimum atomic E-state index is -0.843. The summed E-state index contributed by atoms with van der Waals surface area (Å²) in [6.45, 7) is 6.39. The molecule has 1 heterocycles. The molecule has 1 fully saturated rings. The first-order valence-electron chi connectivity index (χ1n) is 7.18. The predicted molar refractivity (Wildman–Crippen MR) is 78.4 cm³/mol. The summed E-state index contributed by atoms with van der Waals surface area (Å²) in [7, 11) is 0. The lowest BCUT2D eigenvalue weighted by molar-refractivity contribution is -0.142. The van der Waals surface area contributed by atoms with Gasteiger partial charge in [-0.05, 0) is 31.9 Å². The monoisotopic (exact) mass is 291 g/mol. The van der Waals surface area contributed by atoms with E-state index < -0.39 is 11.9 Å². The highest BCUT2D eigenvalue weighted by molar-refractivity contribution is 5.97. The Morgan fingerprint density at radius 1 is 1.29 bits per heavy atom. The minimum absolute atomic E-state index is 0.0248. The molecule has 2 atom stereocenters. The Hall–Kier alpha value is -2.04. The van der Waals surface area contributed by atoms with E-state index in [2.05, 4.69) is 0 Å². The maximum Gasteiger partial charge on any atom is 0.308 e. The smallest absolute Gasteiger partial charge is 0.308 e. The average Bonchev–Trinajstić information content (AvgIpc) is 2.80. The molecule has 0 spiro atoms. The molecular weight excluding hydrogens is 270 g/mol. The fourth-order valence-corrected chi connectivity index (χ4v) is 2.62. The number of nitrogens with zero attached hydrogens (tertiary/aromatic N) is 1. The van der Waals surface area contributed by atoms with Crippen LogP contribution in [-0.4, -0.2) is 41.1 Å². The van der Waals surface area contributed by atoms with Gasteiger partial charge >= 0.3 is 5.97 Å². The summed E-state index contributed by atoms with van der Waals surface area (Å²) in [5.74, 6) is -0.993. The second-order valence-electron chi connectivity index (χ2n) is 5.79. The number of aliphatic carboxylic acids is 1. The molecule has 2 rings (SSSR count). The highest BCUT2D eigenvalue weighted by Crippen LogP contribution is 2.27. The first kappa shape index (κ1) is 15.4. The molecule has 0 bridgehead atoms. The number of amides is 1. The highest BCUT2D eigenvalue weighted by atomic mass is 16.5. The molecule has 0 saturated carbocycles. The molecule has 114 valence electrons. The Kier molecular flexibility index (Phi) is 4.50. The van der Waals surface area contributed by atoms with E-state index in [9.17, 15) is 9.59 Å². The number of carbonyl (C=O) groups is 2. The lowest BCUT2D eigenvalue weighted by Crippen LogP contribution is -2.30. The van der Waals surface area contributed by atoms with Crippen molar-refractivity contribution >= 4 is 11.9 Å². The topological polar surface area (TPSA) is 66.8 Å². The molecule has 1 aromatic rings.